The van der Waals surface area contributed by atoms with Crippen LogP contribution in [0.1, 0.15) is 16.8 Å². The van der Waals surface area contributed by atoms with Gasteiger partial charge in [-0.1, -0.05) is 30.3 Å². The lowest BCUT2D eigenvalue weighted by atomic mass is 10.1. The van der Waals surface area contributed by atoms with Gasteiger partial charge in [0.15, 0.2) is 5.78 Å². The number of nitrogens with zero attached hydrogens (tertiary/aromatic N) is 1. The van der Waals surface area contributed by atoms with Gasteiger partial charge >= 0.3 is 6.03 Å². The largest absolute Gasteiger partial charge is 0.350 e. The number of carbonyl (C=O) groups is 2. The minimum absolute atomic E-state index is 0.0642. The average molecular weight is 205 g/mol. The van der Waals surface area contributed by atoms with E-state index in [-0.39, 0.29) is 12.2 Å². The summed E-state index contributed by atoms with van der Waals surface area (Å²) in [5.74, 6) is -0.0642. The summed E-state index contributed by atoms with van der Waals surface area (Å²) in [6, 6.07) is 8.09. The van der Waals surface area contributed by atoms with Crippen molar-refractivity contribution in [2.75, 3.05) is 0 Å². The van der Waals surface area contributed by atoms with Gasteiger partial charge < -0.3 is 5.73 Å². The minimum Gasteiger partial charge on any atom is -0.350 e. The van der Waals surface area contributed by atoms with Crippen molar-refractivity contribution in [1.29, 1.82) is 0 Å². The van der Waals surface area contributed by atoms with Gasteiger partial charge in [-0.3, -0.25) is 4.79 Å². The number of primary amides is 1. The topological polar surface area (TPSA) is 84.6 Å². The van der Waals surface area contributed by atoms with Crippen molar-refractivity contribution in [3.8, 4) is 0 Å². The van der Waals surface area contributed by atoms with Gasteiger partial charge in [0, 0.05) is 18.2 Å². The number of benzene rings is 1. The van der Waals surface area contributed by atoms with Crippen molar-refractivity contribution in [3.05, 3.63) is 35.9 Å². The van der Waals surface area contributed by atoms with E-state index in [1.54, 1.807) is 24.3 Å². The van der Waals surface area contributed by atoms with Crippen LogP contribution < -0.4 is 11.2 Å². The normalized spacial score (nSPS) is 10.1. The van der Waals surface area contributed by atoms with E-state index in [1.807, 2.05) is 11.5 Å². The minimum atomic E-state index is -0.751. The molecule has 0 saturated carbocycles. The van der Waals surface area contributed by atoms with E-state index in [1.165, 1.54) is 6.21 Å². The number of Topliss-reactive ketones (excluding diaryl/α,β-unsaturated/α-hetero) is 1. The smallest absolute Gasteiger partial charge is 0.332 e. The Balaban J connectivity index is 2.44. The highest BCUT2D eigenvalue weighted by Gasteiger charge is 2.01. The summed E-state index contributed by atoms with van der Waals surface area (Å²) in [5, 5.41) is 3.47. The van der Waals surface area contributed by atoms with Crippen molar-refractivity contribution < 1.29 is 9.59 Å². The van der Waals surface area contributed by atoms with Crippen molar-refractivity contribution in [1.82, 2.24) is 5.43 Å². The van der Waals surface area contributed by atoms with Gasteiger partial charge in [0.25, 0.3) is 0 Å². The number of hydrogen-bond acceptors (Lipinski definition) is 3. The van der Waals surface area contributed by atoms with Gasteiger partial charge in [0.1, 0.15) is 0 Å². The second-order valence-corrected chi connectivity index (χ2v) is 2.78. The second-order valence-electron chi connectivity index (χ2n) is 2.78. The zero-order chi connectivity index (χ0) is 11.1. The molecule has 0 saturated heterocycles. The molecule has 3 N–H and O–H groups in total. The molecule has 1 rings (SSSR count). The van der Waals surface area contributed by atoms with Crippen LogP contribution in [0.5, 0.6) is 0 Å². The predicted octanol–water partition coefficient (Wildman–Crippen LogP) is 0.914. The molecule has 0 heterocycles. The fraction of sp³-hybridized carbons (Fsp3) is 0.100. The Kier molecular flexibility index (Phi) is 4.03. The molecule has 1 aromatic carbocycles. The lowest BCUT2D eigenvalue weighted by Gasteiger charge is -1.95. The molecule has 0 aliphatic rings. The van der Waals surface area contributed by atoms with E-state index in [9.17, 15) is 9.59 Å². The molecule has 0 atom stereocenters. The third kappa shape index (κ3) is 4.04. The molecule has 0 unspecified atom stereocenters. The molecular weight excluding hydrogens is 194 g/mol. The van der Waals surface area contributed by atoms with Crippen molar-refractivity contribution >= 4 is 18.0 Å². The molecule has 78 valence electrons. The van der Waals surface area contributed by atoms with Crippen LogP contribution in [0.4, 0.5) is 4.79 Å². The highest BCUT2D eigenvalue weighted by atomic mass is 16.2. The fourth-order valence-corrected chi connectivity index (χ4v) is 0.980. The first-order valence-electron chi connectivity index (χ1n) is 4.35. The van der Waals surface area contributed by atoms with Gasteiger partial charge in [-0.25, -0.2) is 10.2 Å². The molecule has 0 aliphatic carbocycles. The Bertz CT molecular complexity index is 374. The zero-order valence-electron chi connectivity index (χ0n) is 8.01. The number of urea groups is 1. The summed E-state index contributed by atoms with van der Waals surface area (Å²) in [7, 11) is 0. The molecule has 2 amide bonds. The van der Waals surface area contributed by atoms with Crippen LogP contribution in [0.25, 0.3) is 0 Å². The molecule has 0 fully saturated rings. The van der Waals surface area contributed by atoms with Crippen LogP contribution in [-0.4, -0.2) is 18.0 Å². The SMILES string of the molecule is NC(=O)N/N=C\CC(=O)c1ccccc1. The van der Waals surface area contributed by atoms with E-state index in [0.29, 0.717) is 5.56 Å². The average Bonchev–Trinajstić information content (AvgIpc) is 2.25. The summed E-state index contributed by atoms with van der Waals surface area (Å²) in [6.45, 7) is 0. The zero-order valence-corrected chi connectivity index (χ0v) is 8.01. The standard InChI is InChI=1S/C10H11N3O2/c11-10(15)13-12-7-6-9(14)8-4-2-1-3-5-8/h1-5,7H,6H2,(H3,11,13,15)/b12-7-. The first-order chi connectivity index (χ1) is 7.20. The fourth-order valence-electron chi connectivity index (χ4n) is 0.980. The summed E-state index contributed by atoms with van der Waals surface area (Å²) >= 11 is 0. The number of rotatable bonds is 4. The number of amides is 2. The van der Waals surface area contributed by atoms with Crippen LogP contribution in [0, 0.1) is 0 Å². The monoisotopic (exact) mass is 205 g/mol. The first kappa shape index (κ1) is 10.9. The van der Waals surface area contributed by atoms with Crippen molar-refractivity contribution in [2.24, 2.45) is 10.8 Å². The van der Waals surface area contributed by atoms with Gasteiger partial charge in [0.2, 0.25) is 0 Å². The number of ketones is 1. The molecule has 5 heteroatoms. The maximum Gasteiger partial charge on any atom is 0.332 e. The molecule has 0 spiro atoms. The van der Waals surface area contributed by atoms with E-state index < -0.39 is 6.03 Å². The Labute approximate surface area is 87.0 Å². The number of nitrogens with one attached hydrogen (secondary N) is 1. The molecule has 15 heavy (non-hydrogen) atoms. The third-order valence-electron chi connectivity index (χ3n) is 1.64. The lowest BCUT2D eigenvalue weighted by molar-refractivity contribution is 0.100. The van der Waals surface area contributed by atoms with Crippen LogP contribution >= 0.6 is 0 Å². The molecule has 5 nitrogen and oxygen atoms in total. The molecule has 1 aromatic rings. The Morgan fingerprint density at radius 3 is 2.60 bits per heavy atom. The van der Waals surface area contributed by atoms with Gasteiger partial charge in [-0.05, 0) is 0 Å². The van der Waals surface area contributed by atoms with Gasteiger partial charge in [0.05, 0.1) is 0 Å². The van der Waals surface area contributed by atoms with Crippen LogP contribution in [-0.2, 0) is 0 Å². The number of nitrogens with two attached hydrogens (primary N) is 1. The Morgan fingerprint density at radius 2 is 2.00 bits per heavy atom. The maximum absolute atomic E-state index is 11.5. The molecule has 0 aromatic heterocycles. The van der Waals surface area contributed by atoms with E-state index >= 15 is 0 Å². The summed E-state index contributed by atoms with van der Waals surface area (Å²) in [6.07, 6.45) is 1.43. The van der Waals surface area contributed by atoms with E-state index in [0.717, 1.165) is 0 Å². The highest BCUT2D eigenvalue weighted by Crippen LogP contribution is 2.01. The third-order valence-corrected chi connectivity index (χ3v) is 1.64. The molecular formula is C10H11N3O2. The van der Waals surface area contributed by atoms with Gasteiger partial charge in [-0.2, -0.15) is 5.10 Å². The van der Waals surface area contributed by atoms with Crippen molar-refractivity contribution in [2.45, 2.75) is 6.42 Å². The first-order valence-corrected chi connectivity index (χ1v) is 4.35. The van der Waals surface area contributed by atoms with Crippen molar-refractivity contribution in [3.63, 3.8) is 0 Å². The van der Waals surface area contributed by atoms with E-state index in [2.05, 4.69) is 5.10 Å². The summed E-state index contributed by atoms with van der Waals surface area (Å²) in [4.78, 5) is 21.7. The number of hydrazone groups is 1. The number of carbonyl (C=O) groups excluding carboxylic acids is 2. The Morgan fingerprint density at radius 1 is 1.33 bits per heavy atom. The highest BCUT2D eigenvalue weighted by molar-refractivity contribution is 6.03. The second kappa shape index (κ2) is 5.54. The maximum atomic E-state index is 11.5. The van der Waals surface area contributed by atoms with Crippen LogP contribution in [0.15, 0.2) is 35.4 Å². The van der Waals surface area contributed by atoms with Crippen LogP contribution in [0.3, 0.4) is 0 Å². The number of hydrogen-bond donors (Lipinski definition) is 2. The van der Waals surface area contributed by atoms with E-state index in [4.69, 9.17) is 5.73 Å². The van der Waals surface area contributed by atoms with Gasteiger partial charge in [-0.15, -0.1) is 0 Å². The lowest BCUT2D eigenvalue weighted by Crippen LogP contribution is -2.24. The predicted molar refractivity (Wildman–Crippen MR) is 56.6 cm³/mol. The van der Waals surface area contributed by atoms with Crippen LogP contribution in [0.2, 0.25) is 0 Å². The molecule has 0 aliphatic heterocycles. The Hall–Kier alpha value is -2.17. The molecule has 0 bridgehead atoms. The molecule has 0 radical (unpaired) electrons. The quantitative estimate of drug-likeness (QED) is 0.435. The summed E-state index contributed by atoms with van der Waals surface area (Å²) in [5.41, 5.74) is 7.39. The summed E-state index contributed by atoms with van der Waals surface area (Å²) < 4.78 is 0.